The van der Waals surface area contributed by atoms with Crippen molar-refractivity contribution in [3.63, 3.8) is 0 Å². The Labute approximate surface area is 103 Å². The van der Waals surface area contributed by atoms with Gasteiger partial charge in [0.25, 0.3) is 0 Å². The average molecular weight is 244 g/mol. The Morgan fingerprint density at radius 2 is 2.18 bits per heavy atom. The van der Waals surface area contributed by atoms with Crippen molar-refractivity contribution in [1.29, 1.82) is 0 Å². The van der Waals surface area contributed by atoms with Crippen LogP contribution in [0.15, 0.2) is 0 Å². The van der Waals surface area contributed by atoms with Crippen molar-refractivity contribution in [3.8, 4) is 0 Å². The highest BCUT2D eigenvalue weighted by Crippen LogP contribution is 2.19. The molecule has 0 spiro atoms. The van der Waals surface area contributed by atoms with Crippen molar-refractivity contribution in [2.24, 2.45) is 5.73 Å². The van der Waals surface area contributed by atoms with Gasteiger partial charge >= 0.3 is 0 Å². The molecule has 0 bridgehead atoms. The second-order valence-electron chi connectivity index (χ2n) is 4.73. The molecular weight excluding hydrogens is 220 g/mol. The molecule has 0 aromatic heterocycles. The van der Waals surface area contributed by atoms with Gasteiger partial charge in [-0.1, -0.05) is 0 Å². The Balaban J connectivity index is 2.37. The molecule has 1 fully saturated rings. The largest absolute Gasteiger partial charge is 0.382 e. The number of hydrogen-bond acceptors (Lipinski definition) is 4. The summed E-state index contributed by atoms with van der Waals surface area (Å²) in [6, 6.07) is 0. The van der Waals surface area contributed by atoms with E-state index in [1.807, 2.05) is 6.92 Å². The maximum atomic E-state index is 11.8. The molecule has 0 radical (unpaired) electrons. The van der Waals surface area contributed by atoms with E-state index >= 15 is 0 Å². The Morgan fingerprint density at radius 1 is 1.53 bits per heavy atom. The maximum absolute atomic E-state index is 11.8. The van der Waals surface area contributed by atoms with E-state index in [4.69, 9.17) is 15.2 Å². The number of rotatable bonds is 6. The van der Waals surface area contributed by atoms with Gasteiger partial charge in [0.1, 0.15) is 0 Å². The zero-order chi connectivity index (χ0) is 12.7. The minimum absolute atomic E-state index is 0.0567. The van der Waals surface area contributed by atoms with Crippen LogP contribution in [0.25, 0.3) is 0 Å². The van der Waals surface area contributed by atoms with Crippen LogP contribution >= 0.6 is 0 Å². The van der Waals surface area contributed by atoms with Crippen molar-refractivity contribution < 1.29 is 14.3 Å². The fraction of sp³-hybridized carbons (Fsp3) is 0.917. The van der Waals surface area contributed by atoms with Gasteiger partial charge in [-0.3, -0.25) is 4.79 Å². The molecule has 5 heteroatoms. The molecule has 100 valence electrons. The highest BCUT2D eigenvalue weighted by Gasteiger charge is 2.32. The Kier molecular flexibility index (Phi) is 5.88. The van der Waals surface area contributed by atoms with Gasteiger partial charge in [0.15, 0.2) is 0 Å². The van der Waals surface area contributed by atoms with E-state index in [0.29, 0.717) is 26.2 Å². The van der Waals surface area contributed by atoms with Crippen LogP contribution in [0.2, 0.25) is 0 Å². The summed E-state index contributed by atoms with van der Waals surface area (Å²) in [6.07, 6.45) is 2.94. The second-order valence-corrected chi connectivity index (χ2v) is 4.73. The molecule has 17 heavy (non-hydrogen) atoms. The molecule has 1 atom stereocenters. The molecule has 1 rings (SSSR count). The van der Waals surface area contributed by atoms with Crippen LogP contribution in [0.3, 0.4) is 0 Å². The summed E-state index contributed by atoms with van der Waals surface area (Å²) >= 11 is 0. The first-order valence-corrected chi connectivity index (χ1v) is 6.23. The van der Waals surface area contributed by atoms with E-state index in [2.05, 4.69) is 5.32 Å². The topological polar surface area (TPSA) is 73.6 Å². The summed E-state index contributed by atoms with van der Waals surface area (Å²) in [7, 11) is 1.66. The third kappa shape index (κ3) is 4.61. The summed E-state index contributed by atoms with van der Waals surface area (Å²) in [5.41, 5.74) is 5.52. The summed E-state index contributed by atoms with van der Waals surface area (Å²) in [5, 5.41) is 3.06. The normalized spacial score (nSPS) is 20.9. The lowest BCUT2D eigenvalue weighted by atomic mass is 9.90. The third-order valence-electron chi connectivity index (χ3n) is 3.43. The summed E-state index contributed by atoms with van der Waals surface area (Å²) < 4.78 is 10.4. The van der Waals surface area contributed by atoms with Gasteiger partial charge in [-0.2, -0.15) is 0 Å². The average Bonchev–Trinajstić information content (AvgIpc) is 2.37. The Morgan fingerprint density at radius 3 is 2.71 bits per heavy atom. The van der Waals surface area contributed by atoms with Crippen LogP contribution in [0.4, 0.5) is 0 Å². The molecule has 1 saturated heterocycles. The van der Waals surface area contributed by atoms with Crippen LogP contribution in [-0.4, -0.2) is 44.4 Å². The molecule has 0 aliphatic carbocycles. The van der Waals surface area contributed by atoms with E-state index in [9.17, 15) is 4.79 Å². The predicted molar refractivity (Wildman–Crippen MR) is 65.7 cm³/mol. The van der Waals surface area contributed by atoms with Crippen LogP contribution in [0, 0.1) is 0 Å². The summed E-state index contributed by atoms with van der Waals surface area (Å²) in [5.74, 6) is 0.0567. The van der Waals surface area contributed by atoms with Gasteiger partial charge in [-0.25, -0.2) is 0 Å². The van der Waals surface area contributed by atoms with Gasteiger partial charge in [0, 0.05) is 33.3 Å². The summed E-state index contributed by atoms with van der Waals surface area (Å²) in [4.78, 5) is 11.8. The van der Waals surface area contributed by atoms with Crippen LogP contribution in [-0.2, 0) is 14.3 Å². The first-order chi connectivity index (χ1) is 8.12. The lowest BCUT2D eigenvalue weighted by molar-refractivity contribution is -0.124. The van der Waals surface area contributed by atoms with Crippen molar-refractivity contribution in [3.05, 3.63) is 0 Å². The monoisotopic (exact) mass is 244 g/mol. The van der Waals surface area contributed by atoms with Gasteiger partial charge < -0.3 is 20.5 Å². The standard InChI is InChI=1S/C12H24N2O3/c1-10(16-2)3-4-11(15)14-12(9-13)5-7-17-8-6-12/h10H,3-9,13H2,1-2H3,(H,14,15). The Hall–Kier alpha value is -0.650. The third-order valence-corrected chi connectivity index (χ3v) is 3.43. The number of ether oxygens (including phenoxy) is 2. The maximum Gasteiger partial charge on any atom is 0.220 e. The lowest BCUT2D eigenvalue weighted by Crippen LogP contribution is -2.56. The smallest absolute Gasteiger partial charge is 0.220 e. The van der Waals surface area contributed by atoms with E-state index in [-0.39, 0.29) is 17.6 Å². The molecule has 3 N–H and O–H groups in total. The quantitative estimate of drug-likeness (QED) is 0.710. The molecule has 5 nitrogen and oxygen atoms in total. The van der Waals surface area contributed by atoms with Crippen molar-refractivity contribution in [1.82, 2.24) is 5.32 Å². The molecule has 0 aromatic rings. The molecule has 0 saturated carbocycles. The first-order valence-electron chi connectivity index (χ1n) is 6.23. The van der Waals surface area contributed by atoms with Crippen molar-refractivity contribution in [2.45, 2.75) is 44.2 Å². The highest BCUT2D eigenvalue weighted by molar-refractivity contribution is 5.76. The second kappa shape index (κ2) is 6.93. The number of nitrogens with one attached hydrogen (secondary N) is 1. The number of carbonyl (C=O) groups is 1. The number of methoxy groups -OCH3 is 1. The molecule has 1 amide bonds. The zero-order valence-electron chi connectivity index (χ0n) is 10.8. The first kappa shape index (κ1) is 14.4. The zero-order valence-corrected chi connectivity index (χ0v) is 10.8. The van der Waals surface area contributed by atoms with E-state index in [1.165, 1.54) is 0 Å². The van der Waals surface area contributed by atoms with Crippen LogP contribution in [0.5, 0.6) is 0 Å². The summed E-state index contributed by atoms with van der Waals surface area (Å²) in [6.45, 7) is 3.78. The fourth-order valence-corrected chi connectivity index (χ4v) is 1.95. The van der Waals surface area contributed by atoms with E-state index < -0.39 is 0 Å². The number of carbonyl (C=O) groups excluding carboxylic acids is 1. The number of nitrogens with two attached hydrogens (primary N) is 1. The number of amides is 1. The molecule has 1 aliphatic rings. The predicted octanol–water partition coefficient (Wildman–Crippen LogP) is 0.426. The van der Waals surface area contributed by atoms with Gasteiger partial charge in [-0.05, 0) is 26.2 Å². The molecule has 0 aromatic carbocycles. The number of hydrogen-bond donors (Lipinski definition) is 2. The molecule has 1 heterocycles. The molecular formula is C12H24N2O3. The Bertz CT molecular complexity index is 240. The van der Waals surface area contributed by atoms with Gasteiger partial charge in [-0.15, -0.1) is 0 Å². The molecule has 1 aliphatic heterocycles. The SMILES string of the molecule is COC(C)CCC(=O)NC1(CN)CCOCC1. The highest BCUT2D eigenvalue weighted by atomic mass is 16.5. The lowest BCUT2D eigenvalue weighted by Gasteiger charge is -2.37. The molecule has 1 unspecified atom stereocenters. The van der Waals surface area contributed by atoms with Crippen molar-refractivity contribution >= 4 is 5.91 Å². The van der Waals surface area contributed by atoms with Gasteiger partial charge in [0.2, 0.25) is 5.91 Å². The van der Waals surface area contributed by atoms with Crippen LogP contribution in [0.1, 0.15) is 32.6 Å². The van der Waals surface area contributed by atoms with Crippen molar-refractivity contribution in [2.75, 3.05) is 26.9 Å². The fourth-order valence-electron chi connectivity index (χ4n) is 1.95. The van der Waals surface area contributed by atoms with Gasteiger partial charge in [0.05, 0.1) is 11.6 Å². The van der Waals surface area contributed by atoms with Crippen LogP contribution < -0.4 is 11.1 Å². The van der Waals surface area contributed by atoms with E-state index in [1.54, 1.807) is 7.11 Å². The minimum atomic E-state index is -0.258. The minimum Gasteiger partial charge on any atom is -0.382 e. The van der Waals surface area contributed by atoms with E-state index in [0.717, 1.165) is 19.3 Å².